The molecule has 3 heteroatoms. The monoisotopic (exact) mass is 229 g/mol. The second-order valence-electron chi connectivity index (χ2n) is 5.23. The Hall–Kier alpha value is -1.35. The molecule has 3 rings (SSSR count). The van der Waals surface area contributed by atoms with Gasteiger partial charge < -0.3 is 5.32 Å². The molecule has 1 aliphatic heterocycles. The molecule has 0 aliphatic carbocycles. The molecule has 2 unspecified atom stereocenters. The third kappa shape index (κ3) is 1.95. The fourth-order valence-electron chi connectivity index (χ4n) is 2.68. The molecule has 2 aromatic rings. The molecule has 0 saturated carbocycles. The third-order valence-electron chi connectivity index (χ3n) is 3.83. The maximum Gasteiger partial charge on any atom is 0.0679 e. The maximum absolute atomic E-state index is 4.29. The quantitative estimate of drug-likeness (QED) is 0.814. The standard InChI is InChI=1S/C14H19N3/c1-10-3-5-13(15-8-10)11-4-6-14-12(7-11)9-16-17(14)2/h4,6-7,9-10,13,15H,3,5,8H2,1-2H3. The lowest BCUT2D eigenvalue weighted by atomic mass is 9.92. The molecule has 1 N–H and O–H groups in total. The maximum atomic E-state index is 4.29. The molecule has 1 aromatic carbocycles. The van der Waals surface area contributed by atoms with Gasteiger partial charge in [-0.2, -0.15) is 5.10 Å². The lowest BCUT2D eigenvalue weighted by Crippen LogP contribution is -2.31. The number of fused-ring (bicyclic) bond motifs is 1. The molecule has 1 fully saturated rings. The first-order valence-corrected chi connectivity index (χ1v) is 6.39. The van der Waals surface area contributed by atoms with Crippen molar-refractivity contribution in [1.29, 1.82) is 0 Å². The fraction of sp³-hybridized carbons (Fsp3) is 0.500. The van der Waals surface area contributed by atoms with Gasteiger partial charge in [0.25, 0.3) is 0 Å². The Morgan fingerprint density at radius 1 is 1.35 bits per heavy atom. The summed E-state index contributed by atoms with van der Waals surface area (Å²) in [6.45, 7) is 3.45. The second kappa shape index (κ2) is 4.15. The van der Waals surface area contributed by atoms with Gasteiger partial charge in [0.2, 0.25) is 0 Å². The predicted octanol–water partition coefficient (Wildman–Crippen LogP) is 2.63. The van der Waals surface area contributed by atoms with E-state index < -0.39 is 0 Å². The van der Waals surface area contributed by atoms with Gasteiger partial charge in [0.1, 0.15) is 0 Å². The summed E-state index contributed by atoms with van der Waals surface area (Å²) in [6.07, 6.45) is 4.51. The van der Waals surface area contributed by atoms with Gasteiger partial charge in [0.05, 0.1) is 11.7 Å². The summed E-state index contributed by atoms with van der Waals surface area (Å²) < 4.78 is 1.93. The molecular weight excluding hydrogens is 210 g/mol. The number of hydrogen-bond donors (Lipinski definition) is 1. The van der Waals surface area contributed by atoms with E-state index in [0.717, 1.165) is 12.5 Å². The summed E-state index contributed by atoms with van der Waals surface area (Å²) in [5, 5.41) is 9.16. The van der Waals surface area contributed by atoms with Crippen LogP contribution in [0.4, 0.5) is 0 Å². The Bertz CT molecular complexity index is 521. The van der Waals surface area contributed by atoms with Crippen LogP contribution in [0.3, 0.4) is 0 Å². The predicted molar refractivity (Wildman–Crippen MR) is 69.9 cm³/mol. The molecule has 2 heterocycles. The second-order valence-corrected chi connectivity index (χ2v) is 5.23. The smallest absolute Gasteiger partial charge is 0.0679 e. The van der Waals surface area contributed by atoms with Gasteiger partial charge in [-0.25, -0.2) is 0 Å². The molecular formula is C14H19N3. The van der Waals surface area contributed by atoms with E-state index in [0.29, 0.717) is 6.04 Å². The van der Waals surface area contributed by atoms with Crippen LogP contribution in [0.1, 0.15) is 31.4 Å². The molecule has 3 nitrogen and oxygen atoms in total. The van der Waals surface area contributed by atoms with Crippen LogP contribution in [-0.4, -0.2) is 16.3 Å². The van der Waals surface area contributed by atoms with E-state index in [1.54, 1.807) is 0 Å². The summed E-state index contributed by atoms with van der Waals surface area (Å²) in [5.74, 6) is 0.813. The Balaban J connectivity index is 1.90. The summed E-state index contributed by atoms with van der Waals surface area (Å²) in [6, 6.07) is 7.21. The van der Waals surface area contributed by atoms with Crippen molar-refractivity contribution < 1.29 is 0 Å². The van der Waals surface area contributed by atoms with Crippen molar-refractivity contribution in [3.8, 4) is 0 Å². The Kier molecular flexibility index (Phi) is 2.63. The van der Waals surface area contributed by atoms with Crippen LogP contribution in [0.2, 0.25) is 0 Å². The summed E-state index contributed by atoms with van der Waals surface area (Å²) in [5.41, 5.74) is 2.61. The van der Waals surface area contributed by atoms with Crippen molar-refractivity contribution in [1.82, 2.24) is 15.1 Å². The highest BCUT2D eigenvalue weighted by Crippen LogP contribution is 2.27. The van der Waals surface area contributed by atoms with Crippen molar-refractivity contribution in [2.45, 2.75) is 25.8 Å². The molecule has 2 atom stereocenters. The first-order valence-electron chi connectivity index (χ1n) is 6.39. The molecule has 1 saturated heterocycles. The first kappa shape index (κ1) is 10.8. The van der Waals surface area contributed by atoms with E-state index in [4.69, 9.17) is 0 Å². The van der Waals surface area contributed by atoms with Gasteiger partial charge in [0.15, 0.2) is 0 Å². The highest BCUT2D eigenvalue weighted by Gasteiger charge is 2.19. The Morgan fingerprint density at radius 3 is 3.00 bits per heavy atom. The van der Waals surface area contributed by atoms with Gasteiger partial charge in [-0.15, -0.1) is 0 Å². The SMILES string of the molecule is CC1CCC(c2ccc3c(cnn3C)c2)NC1. The Morgan fingerprint density at radius 2 is 2.24 bits per heavy atom. The summed E-state index contributed by atoms with van der Waals surface area (Å²) in [4.78, 5) is 0. The minimum Gasteiger partial charge on any atom is -0.310 e. The largest absolute Gasteiger partial charge is 0.310 e. The van der Waals surface area contributed by atoms with E-state index in [1.807, 2.05) is 17.9 Å². The average molecular weight is 229 g/mol. The lowest BCUT2D eigenvalue weighted by Gasteiger charge is -2.28. The van der Waals surface area contributed by atoms with Crippen LogP contribution < -0.4 is 5.32 Å². The first-order chi connectivity index (χ1) is 8.24. The van der Waals surface area contributed by atoms with E-state index in [-0.39, 0.29) is 0 Å². The van der Waals surface area contributed by atoms with Gasteiger partial charge in [-0.1, -0.05) is 13.0 Å². The normalized spacial score (nSPS) is 25.3. The number of rotatable bonds is 1. The number of aryl methyl sites for hydroxylation is 1. The van der Waals surface area contributed by atoms with Crippen LogP contribution >= 0.6 is 0 Å². The van der Waals surface area contributed by atoms with Crippen molar-refractivity contribution >= 4 is 10.9 Å². The minimum absolute atomic E-state index is 0.524. The molecule has 1 aromatic heterocycles. The number of aromatic nitrogens is 2. The van der Waals surface area contributed by atoms with Crippen molar-refractivity contribution in [2.75, 3.05) is 6.54 Å². The third-order valence-corrected chi connectivity index (χ3v) is 3.83. The highest BCUT2D eigenvalue weighted by molar-refractivity contribution is 5.79. The number of piperidine rings is 1. The topological polar surface area (TPSA) is 29.9 Å². The van der Waals surface area contributed by atoms with Gasteiger partial charge >= 0.3 is 0 Å². The number of nitrogens with zero attached hydrogens (tertiary/aromatic N) is 2. The van der Waals surface area contributed by atoms with Crippen molar-refractivity contribution in [3.63, 3.8) is 0 Å². The Labute approximate surface area is 102 Å². The molecule has 0 radical (unpaired) electrons. The minimum atomic E-state index is 0.524. The van der Waals surface area contributed by atoms with Crippen LogP contribution in [0.5, 0.6) is 0 Å². The lowest BCUT2D eigenvalue weighted by molar-refractivity contribution is 0.333. The zero-order chi connectivity index (χ0) is 11.8. The van der Waals surface area contributed by atoms with Crippen LogP contribution in [0.25, 0.3) is 10.9 Å². The van der Waals surface area contributed by atoms with Gasteiger partial charge in [0, 0.05) is 18.5 Å². The van der Waals surface area contributed by atoms with E-state index in [2.05, 4.69) is 35.5 Å². The molecule has 90 valence electrons. The summed E-state index contributed by atoms with van der Waals surface area (Å²) in [7, 11) is 1.99. The highest BCUT2D eigenvalue weighted by atomic mass is 15.2. The van der Waals surface area contributed by atoms with Crippen LogP contribution in [0.15, 0.2) is 24.4 Å². The van der Waals surface area contributed by atoms with Crippen molar-refractivity contribution in [2.24, 2.45) is 13.0 Å². The van der Waals surface area contributed by atoms with Crippen LogP contribution in [0, 0.1) is 5.92 Å². The molecule has 17 heavy (non-hydrogen) atoms. The average Bonchev–Trinajstić information content (AvgIpc) is 2.72. The number of benzene rings is 1. The van der Waals surface area contributed by atoms with E-state index in [1.165, 1.54) is 29.3 Å². The number of nitrogens with one attached hydrogen (secondary N) is 1. The van der Waals surface area contributed by atoms with E-state index >= 15 is 0 Å². The fourth-order valence-corrected chi connectivity index (χ4v) is 2.68. The summed E-state index contributed by atoms with van der Waals surface area (Å²) >= 11 is 0. The van der Waals surface area contributed by atoms with Crippen LogP contribution in [-0.2, 0) is 7.05 Å². The zero-order valence-electron chi connectivity index (χ0n) is 10.5. The van der Waals surface area contributed by atoms with Crippen molar-refractivity contribution in [3.05, 3.63) is 30.0 Å². The van der Waals surface area contributed by atoms with Gasteiger partial charge in [-0.3, -0.25) is 4.68 Å². The zero-order valence-corrected chi connectivity index (χ0v) is 10.5. The molecule has 0 amide bonds. The molecule has 0 spiro atoms. The van der Waals surface area contributed by atoms with E-state index in [9.17, 15) is 0 Å². The molecule has 1 aliphatic rings. The van der Waals surface area contributed by atoms with Gasteiger partial charge in [-0.05, 0) is 43.0 Å². The molecule has 0 bridgehead atoms. The number of hydrogen-bond acceptors (Lipinski definition) is 2.